The smallest absolute Gasteiger partial charge is 0.397 e. The molecule has 0 unspecified atom stereocenters. The van der Waals surface area contributed by atoms with E-state index >= 15 is 0 Å². The fourth-order valence-corrected chi connectivity index (χ4v) is 2.02. The lowest BCUT2D eigenvalue weighted by Crippen LogP contribution is -2.12. The van der Waals surface area contributed by atoms with Gasteiger partial charge in [0.05, 0.1) is 22.0 Å². The largest absolute Gasteiger partial charge is 0.416 e. The third-order valence-corrected chi connectivity index (χ3v) is 3.17. The first-order chi connectivity index (χ1) is 9.79. The molecule has 2 nitrogen and oxygen atoms in total. The lowest BCUT2D eigenvalue weighted by atomic mass is 10.1. The fourth-order valence-electron chi connectivity index (χ4n) is 1.86. The molecular formula is C14H11ClF4N2. The van der Waals surface area contributed by atoms with Gasteiger partial charge in [-0.1, -0.05) is 29.8 Å². The Kier molecular flexibility index (Phi) is 4.27. The summed E-state index contributed by atoms with van der Waals surface area (Å²) < 4.78 is 51.7. The second-order valence-corrected chi connectivity index (χ2v) is 4.77. The molecule has 0 aromatic heterocycles. The Balaban J connectivity index is 2.23. The van der Waals surface area contributed by atoms with Crippen LogP contribution in [0.15, 0.2) is 36.4 Å². The Labute approximate surface area is 123 Å². The van der Waals surface area contributed by atoms with Crippen molar-refractivity contribution in [2.24, 2.45) is 0 Å². The van der Waals surface area contributed by atoms with Gasteiger partial charge in [-0.2, -0.15) is 13.2 Å². The van der Waals surface area contributed by atoms with Crippen LogP contribution in [-0.2, 0) is 12.7 Å². The average molecular weight is 319 g/mol. The van der Waals surface area contributed by atoms with Gasteiger partial charge in [0.15, 0.2) is 0 Å². The van der Waals surface area contributed by atoms with Crippen LogP contribution >= 0.6 is 11.6 Å². The van der Waals surface area contributed by atoms with Crippen LogP contribution in [0.2, 0.25) is 5.02 Å². The van der Waals surface area contributed by atoms with Crippen molar-refractivity contribution in [2.75, 3.05) is 11.1 Å². The molecule has 0 aliphatic heterocycles. The van der Waals surface area contributed by atoms with Gasteiger partial charge in [0.25, 0.3) is 0 Å². The van der Waals surface area contributed by atoms with Crippen molar-refractivity contribution in [3.05, 3.63) is 58.4 Å². The van der Waals surface area contributed by atoms with Crippen LogP contribution in [0.3, 0.4) is 0 Å². The van der Waals surface area contributed by atoms with Gasteiger partial charge in [-0.15, -0.1) is 0 Å². The zero-order valence-corrected chi connectivity index (χ0v) is 11.4. The maximum atomic E-state index is 13.2. The van der Waals surface area contributed by atoms with Gasteiger partial charge < -0.3 is 11.1 Å². The van der Waals surface area contributed by atoms with Crippen molar-refractivity contribution in [1.82, 2.24) is 0 Å². The van der Waals surface area contributed by atoms with E-state index < -0.39 is 17.6 Å². The number of alkyl halides is 3. The van der Waals surface area contributed by atoms with Crippen LogP contribution < -0.4 is 11.1 Å². The Morgan fingerprint density at radius 2 is 1.81 bits per heavy atom. The highest BCUT2D eigenvalue weighted by molar-refractivity contribution is 6.31. The first-order valence-corrected chi connectivity index (χ1v) is 6.30. The molecule has 7 heteroatoms. The van der Waals surface area contributed by atoms with Gasteiger partial charge in [0, 0.05) is 12.6 Å². The zero-order valence-electron chi connectivity index (χ0n) is 10.6. The Bertz CT molecular complexity index is 656. The molecule has 0 atom stereocenters. The summed E-state index contributed by atoms with van der Waals surface area (Å²) in [6.45, 7) is -0.109. The molecule has 0 saturated heterocycles. The number of rotatable bonds is 3. The summed E-state index contributed by atoms with van der Waals surface area (Å²) in [5.41, 5.74) is 5.27. The normalized spacial score (nSPS) is 11.5. The fraction of sp³-hybridized carbons (Fsp3) is 0.143. The second kappa shape index (κ2) is 5.81. The van der Waals surface area contributed by atoms with E-state index in [0.29, 0.717) is 0 Å². The summed E-state index contributed by atoms with van der Waals surface area (Å²) in [4.78, 5) is 0. The van der Waals surface area contributed by atoms with Gasteiger partial charge in [0.2, 0.25) is 0 Å². The van der Waals surface area contributed by atoms with Gasteiger partial charge in [-0.05, 0) is 17.7 Å². The van der Waals surface area contributed by atoms with E-state index in [1.807, 2.05) is 0 Å². The lowest BCUT2D eigenvalue weighted by Gasteiger charge is -2.15. The summed E-state index contributed by atoms with van der Waals surface area (Å²) in [6.07, 6.45) is -4.44. The van der Waals surface area contributed by atoms with Crippen LogP contribution in [-0.4, -0.2) is 0 Å². The van der Waals surface area contributed by atoms with Crippen molar-refractivity contribution in [3.8, 4) is 0 Å². The first kappa shape index (κ1) is 15.4. The number of hydrogen-bond donors (Lipinski definition) is 2. The maximum absolute atomic E-state index is 13.2. The molecule has 0 radical (unpaired) electrons. The quantitative estimate of drug-likeness (QED) is 0.636. The number of anilines is 2. The van der Waals surface area contributed by atoms with E-state index in [2.05, 4.69) is 5.32 Å². The van der Waals surface area contributed by atoms with Crippen LogP contribution in [0.4, 0.5) is 28.9 Å². The number of halogens is 5. The predicted octanol–water partition coefficient (Wildman–Crippen LogP) is 4.69. The van der Waals surface area contributed by atoms with Crippen molar-refractivity contribution < 1.29 is 17.6 Å². The molecule has 0 heterocycles. The molecule has 2 aromatic rings. The third-order valence-electron chi connectivity index (χ3n) is 2.88. The monoisotopic (exact) mass is 318 g/mol. The topological polar surface area (TPSA) is 38.0 Å². The molecule has 112 valence electrons. The number of nitrogen functional groups attached to an aromatic ring is 1. The highest BCUT2D eigenvalue weighted by atomic mass is 35.5. The first-order valence-electron chi connectivity index (χ1n) is 5.92. The number of benzene rings is 2. The summed E-state index contributed by atoms with van der Waals surface area (Å²) in [5, 5.41) is 2.58. The minimum absolute atomic E-state index is 0.0600. The minimum Gasteiger partial charge on any atom is -0.397 e. The number of nitrogens with two attached hydrogens (primary N) is 1. The van der Waals surface area contributed by atoms with Crippen LogP contribution in [0.25, 0.3) is 0 Å². The van der Waals surface area contributed by atoms with Gasteiger partial charge >= 0.3 is 6.18 Å². The van der Waals surface area contributed by atoms with E-state index in [1.54, 1.807) is 0 Å². The highest BCUT2D eigenvalue weighted by Gasteiger charge is 2.32. The Morgan fingerprint density at radius 3 is 2.48 bits per heavy atom. The average Bonchev–Trinajstić information content (AvgIpc) is 2.41. The second-order valence-electron chi connectivity index (χ2n) is 4.36. The van der Waals surface area contributed by atoms with Crippen LogP contribution in [0.5, 0.6) is 0 Å². The molecule has 0 bridgehead atoms. The zero-order chi connectivity index (χ0) is 15.6. The van der Waals surface area contributed by atoms with Crippen LogP contribution in [0.1, 0.15) is 11.1 Å². The van der Waals surface area contributed by atoms with Crippen molar-refractivity contribution >= 4 is 23.0 Å². The maximum Gasteiger partial charge on any atom is 0.416 e. The van der Waals surface area contributed by atoms with E-state index in [-0.39, 0.29) is 28.5 Å². The standard InChI is InChI=1S/C14H11ClF4N2/c15-10-5-13(12(20)6-11(10)16)21-7-8-3-1-2-4-9(8)14(17,18)19/h1-6,21H,7,20H2. The molecule has 3 N–H and O–H groups in total. The lowest BCUT2D eigenvalue weighted by molar-refractivity contribution is -0.138. The molecule has 0 aliphatic carbocycles. The van der Waals surface area contributed by atoms with Gasteiger partial charge in [0.1, 0.15) is 5.82 Å². The number of hydrogen-bond acceptors (Lipinski definition) is 2. The summed E-state index contributed by atoms with van der Waals surface area (Å²) in [7, 11) is 0. The summed E-state index contributed by atoms with van der Waals surface area (Å²) in [6, 6.07) is 7.43. The van der Waals surface area contributed by atoms with Crippen molar-refractivity contribution in [1.29, 1.82) is 0 Å². The highest BCUT2D eigenvalue weighted by Crippen LogP contribution is 2.33. The predicted molar refractivity (Wildman–Crippen MR) is 74.6 cm³/mol. The Morgan fingerprint density at radius 1 is 1.14 bits per heavy atom. The molecule has 21 heavy (non-hydrogen) atoms. The molecule has 0 aliphatic rings. The molecule has 0 amide bonds. The summed E-state index contributed by atoms with van der Waals surface area (Å²) >= 11 is 5.62. The minimum atomic E-state index is -4.44. The van der Waals surface area contributed by atoms with Crippen molar-refractivity contribution in [3.63, 3.8) is 0 Å². The molecule has 0 saturated carbocycles. The SMILES string of the molecule is Nc1cc(F)c(Cl)cc1NCc1ccccc1C(F)(F)F. The van der Waals surface area contributed by atoms with Crippen LogP contribution in [0, 0.1) is 5.82 Å². The molecule has 2 aromatic carbocycles. The Hall–Kier alpha value is -1.95. The molecule has 0 fully saturated rings. The van der Waals surface area contributed by atoms with Gasteiger partial charge in [-0.3, -0.25) is 0 Å². The number of nitrogens with one attached hydrogen (secondary N) is 1. The van der Waals surface area contributed by atoms with Crippen molar-refractivity contribution in [2.45, 2.75) is 12.7 Å². The molecular weight excluding hydrogens is 308 g/mol. The van der Waals surface area contributed by atoms with E-state index in [9.17, 15) is 17.6 Å². The van der Waals surface area contributed by atoms with E-state index in [4.69, 9.17) is 17.3 Å². The van der Waals surface area contributed by atoms with Gasteiger partial charge in [-0.25, -0.2) is 4.39 Å². The molecule has 2 rings (SSSR count). The van der Waals surface area contributed by atoms with E-state index in [1.165, 1.54) is 24.3 Å². The van der Waals surface area contributed by atoms with E-state index in [0.717, 1.165) is 12.1 Å². The third kappa shape index (κ3) is 3.58. The summed E-state index contributed by atoms with van der Waals surface area (Å²) in [5.74, 6) is -0.685. The molecule has 0 spiro atoms.